The van der Waals surface area contributed by atoms with Crippen molar-refractivity contribution in [3.63, 3.8) is 0 Å². The van der Waals surface area contributed by atoms with Gasteiger partial charge in [-0.05, 0) is 64.8 Å². The number of fused-ring (bicyclic) bond motifs is 1. The molecule has 4 rings (SSSR count). The number of hydrogen-bond acceptors (Lipinski definition) is 2. The van der Waals surface area contributed by atoms with Crippen LogP contribution in [0.3, 0.4) is 0 Å². The summed E-state index contributed by atoms with van der Waals surface area (Å²) in [6, 6.07) is 21.5. The Morgan fingerprint density at radius 3 is 1.79 bits per heavy atom. The standard InChI is InChI=1S/C26H40N3O2PSi/c1-27-23-19-13-14-20-24(23)28(2)32(27,30)29(3)25(21-15-9-7-10-16-21)26(31-33(4,5)6)22-17-11-8-12-18-22/h7-12,15-18,23-26H,13-14,19-20H2,1-6H3/t23-,24-,25?,26?/m1/s1. The van der Waals surface area contributed by atoms with Crippen LogP contribution < -0.4 is 0 Å². The number of rotatable bonds is 7. The maximum absolute atomic E-state index is 15.0. The first-order valence-electron chi connectivity index (χ1n) is 12.2. The molecule has 1 aliphatic heterocycles. The van der Waals surface area contributed by atoms with E-state index in [1.807, 2.05) is 19.2 Å². The molecule has 0 spiro atoms. The third-order valence-corrected chi connectivity index (χ3v) is 11.6. The summed E-state index contributed by atoms with van der Waals surface area (Å²) in [6.07, 6.45) is 4.47. The first-order chi connectivity index (χ1) is 15.6. The number of hydrogen-bond donors (Lipinski definition) is 0. The summed E-state index contributed by atoms with van der Waals surface area (Å²) in [7, 11) is 1.30. The quantitative estimate of drug-likeness (QED) is 0.328. The highest BCUT2D eigenvalue weighted by Crippen LogP contribution is 2.66. The fourth-order valence-corrected chi connectivity index (χ4v) is 10.0. The van der Waals surface area contributed by atoms with Gasteiger partial charge in [-0.15, -0.1) is 0 Å². The number of benzene rings is 2. The molecule has 1 saturated heterocycles. The van der Waals surface area contributed by atoms with Gasteiger partial charge >= 0.3 is 0 Å². The monoisotopic (exact) mass is 485 g/mol. The first-order valence-corrected chi connectivity index (χ1v) is 17.2. The first kappa shape index (κ1) is 24.8. The molecule has 4 atom stereocenters. The average molecular weight is 486 g/mol. The lowest BCUT2D eigenvalue weighted by atomic mass is 9.91. The molecule has 2 fully saturated rings. The smallest absolute Gasteiger partial charge is 0.287 e. The molecular formula is C26H40N3O2PSi. The molecular weight excluding hydrogens is 445 g/mol. The second-order valence-corrected chi connectivity index (χ2v) is 18.0. The third kappa shape index (κ3) is 4.79. The second-order valence-electron chi connectivity index (χ2n) is 10.6. The van der Waals surface area contributed by atoms with Crippen molar-refractivity contribution in [3.8, 4) is 0 Å². The minimum absolute atomic E-state index is 0.170. The molecule has 0 aromatic heterocycles. The molecule has 2 aliphatic rings. The number of likely N-dealkylation sites (N-methyl/N-ethyl adjacent to an activating group) is 3. The molecule has 2 unspecified atom stereocenters. The van der Waals surface area contributed by atoms with Crippen molar-refractivity contribution in [2.75, 3.05) is 21.1 Å². The Morgan fingerprint density at radius 1 is 0.879 bits per heavy atom. The normalized spacial score (nSPS) is 25.7. The molecule has 0 bridgehead atoms. The minimum Gasteiger partial charge on any atom is -0.409 e. The van der Waals surface area contributed by atoms with Crippen LogP contribution >= 0.6 is 7.59 Å². The van der Waals surface area contributed by atoms with Crippen LogP contribution in [0.1, 0.15) is 49.0 Å². The van der Waals surface area contributed by atoms with Gasteiger partial charge in [0.2, 0.25) is 0 Å². The average Bonchev–Trinajstić information content (AvgIpc) is 3.01. The lowest BCUT2D eigenvalue weighted by Gasteiger charge is -2.43. The molecule has 1 saturated carbocycles. The Balaban J connectivity index is 1.82. The predicted octanol–water partition coefficient (Wildman–Crippen LogP) is 6.55. The van der Waals surface area contributed by atoms with Crippen molar-refractivity contribution >= 4 is 15.9 Å². The summed E-state index contributed by atoms with van der Waals surface area (Å²) in [5.74, 6) is 0. The molecule has 5 nitrogen and oxygen atoms in total. The molecule has 2 aromatic rings. The zero-order valence-corrected chi connectivity index (χ0v) is 22.9. The Bertz CT molecular complexity index is 947. The lowest BCUT2D eigenvalue weighted by molar-refractivity contribution is 0.108. The van der Waals surface area contributed by atoms with Gasteiger partial charge in [0.15, 0.2) is 8.32 Å². The van der Waals surface area contributed by atoms with E-state index in [2.05, 4.69) is 96.3 Å². The zero-order valence-electron chi connectivity index (χ0n) is 21.0. The molecule has 7 heteroatoms. The zero-order chi connectivity index (χ0) is 23.8. The van der Waals surface area contributed by atoms with Crippen molar-refractivity contribution in [1.82, 2.24) is 14.0 Å². The van der Waals surface area contributed by atoms with Gasteiger partial charge in [0.05, 0.1) is 12.1 Å². The van der Waals surface area contributed by atoms with Crippen molar-refractivity contribution in [1.29, 1.82) is 0 Å². The van der Waals surface area contributed by atoms with E-state index in [0.29, 0.717) is 12.1 Å². The van der Waals surface area contributed by atoms with Gasteiger partial charge in [-0.3, -0.25) is 4.57 Å². The largest absolute Gasteiger partial charge is 0.409 e. The van der Waals surface area contributed by atoms with Gasteiger partial charge in [0.25, 0.3) is 7.59 Å². The Morgan fingerprint density at radius 2 is 1.33 bits per heavy atom. The van der Waals surface area contributed by atoms with Crippen molar-refractivity contribution < 1.29 is 8.99 Å². The molecule has 1 heterocycles. The summed E-state index contributed by atoms with van der Waals surface area (Å²) in [6.45, 7) is 6.69. The highest BCUT2D eigenvalue weighted by Gasteiger charge is 2.56. The molecule has 0 radical (unpaired) electrons. The maximum Gasteiger partial charge on any atom is 0.287 e. The molecule has 180 valence electrons. The van der Waals surface area contributed by atoms with Crippen LogP contribution in [-0.4, -0.2) is 55.6 Å². The molecule has 2 aromatic carbocycles. The van der Waals surface area contributed by atoms with Crippen molar-refractivity contribution in [2.45, 2.75) is 69.6 Å². The van der Waals surface area contributed by atoms with Crippen LogP contribution in [-0.2, 0) is 8.99 Å². The van der Waals surface area contributed by atoms with E-state index < -0.39 is 15.9 Å². The SMILES string of the molecule is CN(C(c1ccccc1)C(O[Si](C)(C)C)c1ccccc1)P1(=O)N(C)[C@@H]2CCCC[C@H]2N1C. The predicted molar refractivity (Wildman–Crippen MR) is 140 cm³/mol. The molecule has 0 amide bonds. The van der Waals surface area contributed by atoms with Crippen LogP contribution in [0.25, 0.3) is 0 Å². The van der Waals surface area contributed by atoms with E-state index in [1.165, 1.54) is 12.8 Å². The highest BCUT2D eigenvalue weighted by molar-refractivity contribution is 7.56. The Kier molecular flexibility index (Phi) is 7.35. The highest BCUT2D eigenvalue weighted by atomic mass is 31.2. The molecule has 0 N–H and O–H groups in total. The van der Waals surface area contributed by atoms with Gasteiger partial charge < -0.3 is 4.43 Å². The van der Waals surface area contributed by atoms with Crippen LogP contribution in [0.15, 0.2) is 60.7 Å². The van der Waals surface area contributed by atoms with E-state index >= 15 is 0 Å². The second kappa shape index (κ2) is 9.77. The third-order valence-electron chi connectivity index (χ3n) is 7.33. The number of nitrogens with zero attached hydrogens (tertiary/aromatic N) is 3. The van der Waals surface area contributed by atoms with Gasteiger partial charge in [-0.1, -0.05) is 73.5 Å². The minimum atomic E-state index is -2.97. The van der Waals surface area contributed by atoms with E-state index in [4.69, 9.17) is 4.43 Å². The maximum atomic E-state index is 15.0. The molecule has 33 heavy (non-hydrogen) atoms. The van der Waals surface area contributed by atoms with Gasteiger partial charge in [-0.25, -0.2) is 14.0 Å². The van der Waals surface area contributed by atoms with Crippen LogP contribution in [0, 0.1) is 0 Å². The Labute approximate surface area is 201 Å². The van der Waals surface area contributed by atoms with Crippen LogP contribution in [0.2, 0.25) is 19.6 Å². The van der Waals surface area contributed by atoms with E-state index in [9.17, 15) is 4.57 Å². The summed E-state index contributed by atoms with van der Waals surface area (Å²) < 4.78 is 28.4. The molecule has 1 aliphatic carbocycles. The van der Waals surface area contributed by atoms with Crippen molar-refractivity contribution in [2.24, 2.45) is 0 Å². The van der Waals surface area contributed by atoms with E-state index in [0.717, 1.165) is 24.0 Å². The summed E-state index contributed by atoms with van der Waals surface area (Å²) in [5.41, 5.74) is 2.27. The topological polar surface area (TPSA) is 36.0 Å². The van der Waals surface area contributed by atoms with E-state index in [-0.39, 0.29) is 12.1 Å². The summed E-state index contributed by atoms with van der Waals surface area (Å²) in [4.78, 5) is 0. The summed E-state index contributed by atoms with van der Waals surface area (Å²) >= 11 is 0. The Hall–Kier alpha value is -1.27. The van der Waals surface area contributed by atoms with Gasteiger partial charge in [-0.2, -0.15) is 0 Å². The fourth-order valence-electron chi connectivity index (χ4n) is 5.75. The van der Waals surface area contributed by atoms with Gasteiger partial charge in [0, 0.05) is 12.1 Å². The van der Waals surface area contributed by atoms with Gasteiger partial charge in [0.1, 0.15) is 0 Å². The van der Waals surface area contributed by atoms with E-state index in [1.54, 1.807) is 0 Å². The lowest BCUT2D eigenvalue weighted by Crippen LogP contribution is -2.39. The van der Waals surface area contributed by atoms with Crippen LogP contribution in [0.5, 0.6) is 0 Å². The van der Waals surface area contributed by atoms with Crippen LogP contribution in [0.4, 0.5) is 0 Å². The van der Waals surface area contributed by atoms with Crippen molar-refractivity contribution in [3.05, 3.63) is 71.8 Å². The fraction of sp³-hybridized carbons (Fsp3) is 0.538. The summed E-state index contributed by atoms with van der Waals surface area (Å²) in [5, 5.41) is 0.